The standard InChI is InChI=1S/C14H14ClNO/c1-11(12-5-3-2-4-6-12)17-14-10-16-8-7-13(14)9-15/h2-8,10-11H,9H2,1H3. The van der Waals surface area contributed by atoms with E-state index in [4.69, 9.17) is 16.3 Å². The molecule has 2 aromatic rings. The zero-order chi connectivity index (χ0) is 12.1. The average Bonchev–Trinajstić information content (AvgIpc) is 2.40. The van der Waals surface area contributed by atoms with Crippen LogP contribution in [0.4, 0.5) is 0 Å². The summed E-state index contributed by atoms with van der Waals surface area (Å²) in [5.41, 5.74) is 2.10. The number of alkyl halides is 1. The molecular formula is C14H14ClNO. The minimum Gasteiger partial charge on any atom is -0.484 e. The molecule has 0 radical (unpaired) electrons. The predicted molar refractivity (Wildman–Crippen MR) is 69.3 cm³/mol. The first kappa shape index (κ1) is 11.9. The number of nitrogens with zero attached hydrogens (tertiary/aromatic N) is 1. The number of hydrogen-bond donors (Lipinski definition) is 0. The molecule has 0 spiro atoms. The monoisotopic (exact) mass is 247 g/mol. The quantitative estimate of drug-likeness (QED) is 0.763. The number of aromatic nitrogens is 1. The van der Waals surface area contributed by atoms with E-state index in [1.807, 2.05) is 43.3 Å². The molecule has 0 aliphatic heterocycles. The Hall–Kier alpha value is -1.54. The molecule has 0 saturated heterocycles. The number of ether oxygens (including phenoxy) is 1. The van der Waals surface area contributed by atoms with E-state index in [0.717, 1.165) is 16.9 Å². The van der Waals surface area contributed by atoms with Gasteiger partial charge >= 0.3 is 0 Å². The summed E-state index contributed by atoms with van der Waals surface area (Å²) in [6.45, 7) is 2.01. The molecule has 17 heavy (non-hydrogen) atoms. The summed E-state index contributed by atoms with van der Waals surface area (Å²) in [5.74, 6) is 1.18. The maximum Gasteiger partial charge on any atom is 0.142 e. The Balaban J connectivity index is 2.16. The van der Waals surface area contributed by atoms with Crippen LogP contribution >= 0.6 is 11.6 Å². The maximum absolute atomic E-state index is 5.88. The topological polar surface area (TPSA) is 22.1 Å². The molecule has 2 rings (SSSR count). The fraction of sp³-hybridized carbons (Fsp3) is 0.214. The lowest BCUT2D eigenvalue weighted by atomic mass is 10.1. The second kappa shape index (κ2) is 5.69. The highest BCUT2D eigenvalue weighted by atomic mass is 35.5. The summed E-state index contributed by atoms with van der Waals surface area (Å²) in [6, 6.07) is 12.0. The second-order valence-corrected chi connectivity index (χ2v) is 4.06. The lowest BCUT2D eigenvalue weighted by Gasteiger charge is -2.16. The smallest absolute Gasteiger partial charge is 0.142 e. The zero-order valence-electron chi connectivity index (χ0n) is 9.64. The van der Waals surface area contributed by atoms with Crippen LogP contribution in [0.5, 0.6) is 5.75 Å². The summed E-state index contributed by atoms with van der Waals surface area (Å²) in [7, 11) is 0. The molecule has 2 nitrogen and oxygen atoms in total. The van der Waals surface area contributed by atoms with E-state index in [1.165, 1.54) is 0 Å². The van der Waals surface area contributed by atoms with Crippen molar-refractivity contribution in [1.29, 1.82) is 0 Å². The normalized spacial score (nSPS) is 12.1. The number of benzene rings is 1. The van der Waals surface area contributed by atoms with Crippen molar-refractivity contribution >= 4 is 11.6 Å². The summed E-state index contributed by atoms with van der Waals surface area (Å²) in [5, 5.41) is 0. The van der Waals surface area contributed by atoms with Crippen LogP contribution in [0.2, 0.25) is 0 Å². The predicted octanol–water partition coefficient (Wildman–Crippen LogP) is 3.96. The Labute approximate surface area is 106 Å². The van der Waals surface area contributed by atoms with Crippen molar-refractivity contribution in [2.24, 2.45) is 0 Å². The van der Waals surface area contributed by atoms with Gasteiger partial charge in [-0.1, -0.05) is 30.3 Å². The largest absolute Gasteiger partial charge is 0.484 e. The van der Waals surface area contributed by atoms with Crippen LogP contribution in [0.25, 0.3) is 0 Å². The van der Waals surface area contributed by atoms with E-state index in [0.29, 0.717) is 5.88 Å². The van der Waals surface area contributed by atoms with Crippen LogP contribution in [0, 0.1) is 0 Å². The first-order valence-electron chi connectivity index (χ1n) is 5.51. The van der Waals surface area contributed by atoms with Gasteiger partial charge in [0.1, 0.15) is 11.9 Å². The molecule has 1 unspecified atom stereocenters. The minimum absolute atomic E-state index is 0.0117. The van der Waals surface area contributed by atoms with Gasteiger partial charge in [-0.25, -0.2) is 0 Å². The van der Waals surface area contributed by atoms with Gasteiger partial charge in [0.15, 0.2) is 0 Å². The molecule has 1 heterocycles. The van der Waals surface area contributed by atoms with Crippen molar-refractivity contribution in [3.63, 3.8) is 0 Å². The number of hydrogen-bond acceptors (Lipinski definition) is 2. The van der Waals surface area contributed by atoms with Gasteiger partial charge in [0.05, 0.1) is 12.1 Å². The fourth-order valence-electron chi connectivity index (χ4n) is 1.61. The van der Waals surface area contributed by atoms with Crippen LogP contribution in [-0.4, -0.2) is 4.98 Å². The lowest BCUT2D eigenvalue weighted by Crippen LogP contribution is -2.04. The van der Waals surface area contributed by atoms with Crippen molar-refractivity contribution in [3.8, 4) is 5.75 Å². The molecule has 0 bridgehead atoms. The molecular weight excluding hydrogens is 234 g/mol. The van der Waals surface area contributed by atoms with E-state index in [-0.39, 0.29) is 6.10 Å². The Kier molecular flexibility index (Phi) is 3.99. The van der Waals surface area contributed by atoms with Crippen molar-refractivity contribution in [3.05, 3.63) is 59.9 Å². The van der Waals surface area contributed by atoms with Crippen LogP contribution in [0.1, 0.15) is 24.2 Å². The summed E-state index contributed by atoms with van der Waals surface area (Å²) >= 11 is 5.85. The first-order chi connectivity index (χ1) is 8.31. The first-order valence-corrected chi connectivity index (χ1v) is 6.05. The minimum atomic E-state index is -0.0117. The third-order valence-corrected chi connectivity index (χ3v) is 2.87. The van der Waals surface area contributed by atoms with Gasteiger partial charge in [0.2, 0.25) is 0 Å². The van der Waals surface area contributed by atoms with E-state index >= 15 is 0 Å². The summed E-state index contributed by atoms with van der Waals surface area (Å²) in [6.07, 6.45) is 3.41. The highest BCUT2D eigenvalue weighted by Crippen LogP contribution is 2.25. The molecule has 0 fully saturated rings. The van der Waals surface area contributed by atoms with Gasteiger partial charge in [-0.15, -0.1) is 11.6 Å². The van der Waals surface area contributed by atoms with Gasteiger partial charge in [0.25, 0.3) is 0 Å². The molecule has 1 aromatic heterocycles. The number of halogens is 1. The number of pyridine rings is 1. The molecule has 0 aliphatic rings. The van der Waals surface area contributed by atoms with Crippen molar-refractivity contribution in [1.82, 2.24) is 4.98 Å². The summed E-state index contributed by atoms with van der Waals surface area (Å²) in [4.78, 5) is 4.06. The third-order valence-electron chi connectivity index (χ3n) is 2.59. The molecule has 0 N–H and O–H groups in total. The van der Waals surface area contributed by atoms with Gasteiger partial charge in [0, 0.05) is 11.8 Å². The van der Waals surface area contributed by atoms with E-state index in [9.17, 15) is 0 Å². The zero-order valence-corrected chi connectivity index (χ0v) is 10.4. The van der Waals surface area contributed by atoms with Gasteiger partial charge in [-0.3, -0.25) is 4.98 Å². The lowest BCUT2D eigenvalue weighted by molar-refractivity contribution is 0.224. The molecule has 1 atom stereocenters. The SMILES string of the molecule is CC(Oc1cnccc1CCl)c1ccccc1. The molecule has 0 aliphatic carbocycles. The Morgan fingerprint density at radius 2 is 2.00 bits per heavy atom. The van der Waals surface area contributed by atoms with Gasteiger partial charge in [-0.05, 0) is 18.6 Å². The molecule has 1 aromatic carbocycles. The molecule has 0 saturated carbocycles. The van der Waals surface area contributed by atoms with Crippen LogP contribution in [0.15, 0.2) is 48.8 Å². The summed E-state index contributed by atoms with van der Waals surface area (Å²) < 4.78 is 5.88. The van der Waals surface area contributed by atoms with Crippen LogP contribution < -0.4 is 4.74 Å². The van der Waals surface area contributed by atoms with Crippen molar-refractivity contribution in [2.75, 3.05) is 0 Å². The van der Waals surface area contributed by atoms with Crippen molar-refractivity contribution in [2.45, 2.75) is 18.9 Å². The Morgan fingerprint density at radius 3 is 2.71 bits per heavy atom. The van der Waals surface area contributed by atoms with E-state index < -0.39 is 0 Å². The maximum atomic E-state index is 5.88. The van der Waals surface area contributed by atoms with Crippen LogP contribution in [-0.2, 0) is 5.88 Å². The van der Waals surface area contributed by atoms with E-state index in [1.54, 1.807) is 12.4 Å². The molecule has 88 valence electrons. The van der Waals surface area contributed by atoms with E-state index in [2.05, 4.69) is 4.98 Å². The highest BCUT2D eigenvalue weighted by molar-refractivity contribution is 6.17. The third kappa shape index (κ3) is 2.98. The number of rotatable bonds is 4. The average molecular weight is 248 g/mol. The Bertz CT molecular complexity index is 473. The van der Waals surface area contributed by atoms with Crippen LogP contribution in [0.3, 0.4) is 0 Å². The fourth-order valence-corrected chi connectivity index (χ4v) is 1.83. The van der Waals surface area contributed by atoms with Gasteiger partial charge < -0.3 is 4.74 Å². The highest BCUT2D eigenvalue weighted by Gasteiger charge is 2.09. The molecule has 0 amide bonds. The molecule has 3 heteroatoms. The second-order valence-electron chi connectivity index (χ2n) is 3.79. The van der Waals surface area contributed by atoms with Crippen molar-refractivity contribution < 1.29 is 4.74 Å². The van der Waals surface area contributed by atoms with Gasteiger partial charge in [-0.2, -0.15) is 0 Å². The Morgan fingerprint density at radius 1 is 1.24 bits per heavy atom.